The van der Waals surface area contributed by atoms with Gasteiger partial charge in [0, 0.05) is 25.2 Å². The predicted octanol–water partition coefficient (Wildman–Crippen LogP) is 3.33. The first-order valence-corrected chi connectivity index (χ1v) is 14.9. The van der Waals surface area contributed by atoms with Gasteiger partial charge >= 0.3 is 0 Å². The number of likely N-dealkylation sites (N-methyl/N-ethyl adjacent to an activating group) is 1. The molecule has 5 heteroatoms. The van der Waals surface area contributed by atoms with Gasteiger partial charge in [0.2, 0.25) is 0 Å². The Kier molecular flexibility index (Phi) is 5.36. The summed E-state index contributed by atoms with van der Waals surface area (Å²) >= 11 is 0. The maximum atomic E-state index is 2.92. The van der Waals surface area contributed by atoms with Crippen LogP contribution in [0.5, 0.6) is 0 Å². The molecule has 0 N–H and O–H groups in total. The van der Waals surface area contributed by atoms with E-state index in [0.29, 0.717) is 6.17 Å². The lowest BCUT2D eigenvalue weighted by molar-refractivity contribution is 0.0653. The summed E-state index contributed by atoms with van der Waals surface area (Å²) in [5.41, 5.74) is 0.264. The van der Waals surface area contributed by atoms with Crippen LogP contribution in [0.2, 0.25) is 39.3 Å². The number of rotatable bonds is 4. The Morgan fingerprint density at radius 2 is 1.40 bits per heavy atom. The van der Waals surface area contributed by atoms with E-state index in [1.165, 1.54) is 19.6 Å². The molecule has 120 valence electrons. The molecule has 1 saturated heterocycles. The topological polar surface area (TPSA) is 9.72 Å². The van der Waals surface area contributed by atoms with E-state index in [9.17, 15) is 0 Å². The highest BCUT2D eigenvalue weighted by molar-refractivity contribution is 6.89. The summed E-state index contributed by atoms with van der Waals surface area (Å²) in [5, 5.41) is 0. The quantitative estimate of drug-likeness (QED) is 0.737. The molecule has 1 fully saturated rings. The summed E-state index contributed by atoms with van der Waals surface area (Å²) in [7, 11) is -0.238. The number of hydrogen-bond acceptors (Lipinski definition) is 3. The van der Waals surface area contributed by atoms with Gasteiger partial charge in [-0.1, -0.05) is 39.3 Å². The van der Waals surface area contributed by atoms with E-state index in [-0.39, 0.29) is 5.54 Å². The molecule has 0 aromatic rings. The summed E-state index contributed by atoms with van der Waals surface area (Å²) in [5.74, 6) is 0. The largest absolute Gasteiger partial charge is 0.343 e. The van der Waals surface area contributed by atoms with E-state index < -0.39 is 16.5 Å². The van der Waals surface area contributed by atoms with Crippen LogP contribution in [-0.4, -0.2) is 68.9 Å². The lowest BCUT2D eigenvalue weighted by Crippen LogP contribution is -2.64. The fourth-order valence-corrected chi connectivity index (χ4v) is 13.0. The predicted molar refractivity (Wildman–Crippen MR) is 96.3 cm³/mol. The molecule has 1 aliphatic heterocycles. The molecule has 0 aliphatic carbocycles. The van der Waals surface area contributed by atoms with Crippen LogP contribution < -0.4 is 0 Å². The van der Waals surface area contributed by atoms with Crippen molar-refractivity contribution in [2.75, 3.05) is 26.7 Å². The molecule has 3 nitrogen and oxygen atoms in total. The first-order chi connectivity index (χ1) is 8.74. The average molecular weight is 316 g/mol. The smallest absolute Gasteiger partial charge is 0.112 e. The summed E-state index contributed by atoms with van der Waals surface area (Å²) in [6.45, 7) is 25.7. The lowest BCUT2D eigenvalue weighted by Gasteiger charge is -2.48. The van der Waals surface area contributed by atoms with Crippen LogP contribution in [0.1, 0.15) is 20.8 Å². The van der Waals surface area contributed by atoms with Gasteiger partial charge in [-0.05, 0) is 27.8 Å². The molecule has 0 radical (unpaired) electrons. The second kappa shape index (κ2) is 5.84. The van der Waals surface area contributed by atoms with Gasteiger partial charge in [-0.15, -0.1) is 0 Å². The molecule has 1 atom stereocenters. The van der Waals surface area contributed by atoms with Gasteiger partial charge in [-0.2, -0.15) is 0 Å². The summed E-state index contributed by atoms with van der Waals surface area (Å²) < 4.78 is 2.92. The highest BCUT2D eigenvalue weighted by atomic mass is 28.4. The van der Waals surface area contributed by atoms with Crippen molar-refractivity contribution in [3.8, 4) is 0 Å². The van der Waals surface area contributed by atoms with Gasteiger partial charge in [-0.3, -0.25) is 9.80 Å². The molecule has 0 aromatic heterocycles. The van der Waals surface area contributed by atoms with Gasteiger partial charge in [0.1, 0.15) is 16.5 Å². The van der Waals surface area contributed by atoms with Crippen LogP contribution in [0.25, 0.3) is 0 Å². The summed E-state index contributed by atoms with van der Waals surface area (Å²) in [6.07, 6.45) is 0.577. The van der Waals surface area contributed by atoms with E-state index >= 15 is 0 Å². The zero-order valence-corrected chi connectivity index (χ0v) is 17.5. The third-order valence-electron chi connectivity index (χ3n) is 4.39. The zero-order valence-electron chi connectivity index (χ0n) is 15.5. The van der Waals surface area contributed by atoms with Gasteiger partial charge < -0.3 is 4.23 Å². The molecule has 20 heavy (non-hydrogen) atoms. The van der Waals surface area contributed by atoms with Crippen LogP contribution in [0.4, 0.5) is 0 Å². The van der Waals surface area contributed by atoms with Crippen molar-refractivity contribution >= 4 is 16.5 Å². The SMILES string of the molecule is CN1CCN(C(C)(C)C)C1CN([Si](C)(C)C)[Si](C)(C)C. The van der Waals surface area contributed by atoms with Gasteiger partial charge in [-0.25, -0.2) is 0 Å². The molecule has 0 bridgehead atoms. The zero-order chi connectivity index (χ0) is 15.9. The second-order valence-electron chi connectivity index (χ2n) is 9.28. The third-order valence-corrected chi connectivity index (χ3v) is 12.0. The number of hydrogen-bond donors (Lipinski definition) is 0. The van der Waals surface area contributed by atoms with E-state index in [0.717, 1.165) is 0 Å². The highest BCUT2D eigenvalue weighted by Crippen LogP contribution is 2.27. The monoisotopic (exact) mass is 315 g/mol. The minimum atomic E-state index is -1.27. The summed E-state index contributed by atoms with van der Waals surface area (Å²) in [6, 6.07) is 0. The maximum Gasteiger partial charge on any atom is 0.112 e. The molecule has 0 amide bonds. The van der Waals surface area contributed by atoms with Crippen LogP contribution in [-0.2, 0) is 0 Å². The molecule has 1 heterocycles. The van der Waals surface area contributed by atoms with Crippen molar-refractivity contribution < 1.29 is 0 Å². The molecule has 1 aliphatic rings. The Bertz CT molecular complexity index is 311. The average Bonchev–Trinajstić information content (AvgIpc) is 2.51. The Morgan fingerprint density at radius 3 is 1.75 bits per heavy atom. The van der Waals surface area contributed by atoms with Crippen molar-refractivity contribution in [2.45, 2.75) is 71.8 Å². The van der Waals surface area contributed by atoms with E-state index in [1.54, 1.807) is 0 Å². The molecule has 1 unspecified atom stereocenters. The van der Waals surface area contributed by atoms with Gasteiger partial charge in [0.15, 0.2) is 0 Å². The van der Waals surface area contributed by atoms with Gasteiger partial charge in [0.25, 0.3) is 0 Å². The maximum absolute atomic E-state index is 2.92. The fraction of sp³-hybridized carbons (Fsp3) is 1.00. The van der Waals surface area contributed by atoms with E-state index in [4.69, 9.17) is 0 Å². The minimum Gasteiger partial charge on any atom is -0.343 e. The van der Waals surface area contributed by atoms with Gasteiger partial charge in [0.05, 0.1) is 6.17 Å². The van der Waals surface area contributed by atoms with Crippen LogP contribution in [0.15, 0.2) is 0 Å². The van der Waals surface area contributed by atoms with Crippen molar-refractivity contribution in [1.82, 2.24) is 14.0 Å². The first-order valence-electron chi connectivity index (χ1n) is 7.99. The molecule has 0 saturated carbocycles. The minimum absolute atomic E-state index is 0.264. The van der Waals surface area contributed by atoms with Crippen molar-refractivity contribution in [2.24, 2.45) is 0 Å². The molecular formula is C15H37N3Si2. The third kappa shape index (κ3) is 4.40. The summed E-state index contributed by atoms with van der Waals surface area (Å²) in [4.78, 5) is 5.25. The van der Waals surface area contributed by atoms with E-state index in [1.807, 2.05) is 0 Å². The first kappa shape index (κ1) is 18.4. The Morgan fingerprint density at radius 1 is 0.950 bits per heavy atom. The van der Waals surface area contributed by atoms with Crippen molar-refractivity contribution in [3.05, 3.63) is 0 Å². The molecule has 0 spiro atoms. The normalized spacial score (nSPS) is 23.9. The molecular weight excluding hydrogens is 278 g/mol. The number of nitrogens with zero attached hydrogens (tertiary/aromatic N) is 3. The highest BCUT2D eigenvalue weighted by Gasteiger charge is 2.42. The standard InChI is InChI=1S/C15H37N3Si2/c1-15(2,3)17-12-11-16(4)14(17)13-18(19(5,6)7)20(8,9)10/h14H,11-13H2,1-10H3. The van der Waals surface area contributed by atoms with Crippen LogP contribution >= 0.6 is 0 Å². The Labute approximate surface area is 129 Å². The van der Waals surface area contributed by atoms with Crippen LogP contribution in [0, 0.1) is 0 Å². The lowest BCUT2D eigenvalue weighted by atomic mass is 10.1. The molecule has 0 aromatic carbocycles. The fourth-order valence-electron chi connectivity index (χ4n) is 3.54. The van der Waals surface area contributed by atoms with E-state index in [2.05, 4.69) is 81.1 Å². The van der Waals surface area contributed by atoms with Crippen molar-refractivity contribution in [1.29, 1.82) is 0 Å². The van der Waals surface area contributed by atoms with Crippen LogP contribution in [0.3, 0.4) is 0 Å². The Balaban J connectivity index is 2.97. The molecule has 1 rings (SSSR count). The van der Waals surface area contributed by atoms with Crippen molar-refractivity contribution in [3.63, 3.8) is 0 Å². The second-order valence-corrected chi connectivity index (χ2v) is 19.5. The Hall–Kier alpha value is 0.314.